The van der Waals surface area contributed by atoms with Gasteiger partial charge in [-0.1, -0.05) is 12.1 Å². The molecule has 2 atom stereocenters. The first-order chi connectivity index (χ1) is 7.65. The van der Waals surface area contributed by atoms with Crippen LogP contribution in [0.2, 0.25) is 0 Å². The SMILES string of the molecule is COC(C1CC1)C(N)c1cccc(F)c1F. The highest BCUT2D eigenvalue weighted by Gasteiger charge is 2.37. The molecule has 1 saturated carbocycles. The molecule has 2 nitrogen and oxygen atoms in total. The molecule has 2 unspecified atom stereocenters. The number of hydrogen-bond acceptors (Lipinski definition) is 2. The summed E-state index contributed by atoms with van der Waals surface area (Å²) in [5, 5.41) is 0. The van der Waals surface area contributed by atoms with E-state index in [2.05, 4.69) is 0 Å². The lowest BCUT2D eigenvalue weighted by molar-refractivity contribution is 0.0612. The number of rotatable bonds is 4. The lowest BCUT2D eigenvalue weighted by atomic mass is 9.98. The van der Waals surface area contributed by atoms with Crippen LogP contribution in [0.1, 0.15) is 24.4 Å². The molecule has 0 radical (unpaired) electrons. The summed E-state index contributed by atoms with van der Waals surface area (Å²) in [7, 11) is 1.56. The van der Waals surface area contributed by atoms with Gasteiger partial charge in [-0.25, -0.2) is 8.78 Å². The van der Waals surface area contributed by atoms with Gasteiger partial charge in [0.1, 0.15) is 0 Å². The van der Waals surface area contributed by atoms with Gasteiger partial charge in [0.15, 0.2) is 11.6 Å². The molecule has 88 valence electrons. The van der Waals surface area contributed by atoms with Gasteiger partial charge >= 0.3 is 0 Å². The maximum atomic E-state index is 13.5. The maximum Gasteiger partial charge on any atom is 0.163 e. The van der Waals surface area contributed by atoms with Gasteiger partial charge in [-0.2, -0.15) is 0 Å². The van der Waals surface area contributed by atoms with Crippen LogP contribution in [0.15, 0.2) is 18.2 Å². The van der Waals surface area contributed by atoms with Crippen LogP contribution >= 0.6 is 0 Å². The first kappa shape index (κ1) is 11.5. The van der Waals surface area contributed by atoms with Crippen LogP contribution in [0.3, 0.4) is 0 Å². The average Bonchev–Trinajstić information content (AvgIpc) is 3.07. The van der Waals surface area contributed by atoms with Gasteiger partial charge in [-0.05, 0) is 24.8 Å². The van der Waals surface area contributed by atoms with Crippen LogP contribution in [0.5, 0.6) is 0 Å². The Labute approximate surface area is 93.4 Å². The molecular weight excluding hydrogens is 212 g/mol. The van der Waals surface area contributed by atoms with E-state index < -0.39 is 17.7 Å². The summed E-state index contributed by atoms with van der Waals surface area (Å²) in [5.41, 5.74) is 6.12. The van der Waals surface area contributed by atoms with Crippen molar-refractivity contribution >= 4 is 0 Å². The minimum Gasteiger partial charge on any atom is -0.379 e. The van der Waals surface area contributed by atoms with Crippen molar-refractivity contribution in [3.05, 3.63) is 35.4 Å². The highest BCUT2D eigenvalue weighted by molar-refractivity contribution is 5.23. The number of hydrogen-bond donors (Lipinski definition) is 1. The predicted molar refractivity (Wildman–Crippen MR) is 56.8 cm³/mol. The van der Waals surface area contributed by atoms with E-state index >= 15 is 0 Å². The van der Waals surface area contributed by atoms with Crippen LogP contribution in [0.4, 0.5) is 8.78 Å². The highest BCUT2D eigenvalue weighted by atomic mass is 19.2. The summed E-state index contributed by atoms with van der Waals surface area (Å²) < 4.78 is 31.8. The van der Waals surface area contributed by atoms with Crippen LogP contribution in [-0.4, -0.2) is 13.2 Å². The smallest absolute Gasteiger partial charge is 0.163 e. The standard InChI is InChI=1S/C12H15F2NO/c1-16-12(7-5-6-7)11(15)8-3-2-4-9(13)10(8)14/h2-4,7,11-12H,5-6,15H2,1H3. The van der Waals surface area contributed by atoms with E-state index in [9.17, 15) is 8.78 Å². The summed E-state index contributed by atoms with van der Waals surface area (Å²) in [4.78, 5) is 0. The number of nitrogens with two attached hydrogens (primary N) is 1. The van der Waals surface area contributed by atoms with E-state index in [-0.39, 0.29) is 11.7 Å². The van der Waals surface area contributed by atoms with Crippen molar-refractivity contribution in [2.45, 2.75) is 25.0 Å². The number of methoxy groups -OCH3 is 1. The average molecular weight is 227 g/mol. The van der Waals surface area contributed by atoms with Crippen molar-refractivity contribution in [1.82, 2.24) is 0 Å². The molecule has 1 fully saturated rings. The maximum absolute atomic E-state index is 13.5. The zero-order valence-corrected chi connectivity index (χ0v) is 9.12. The Balaban J connectivity index is 2.24. The van der Waals surface area contributed by atoms with E-state index in [1.165, 1.54) is 12.1 Å². The first-order valence-electron chi connectivity index (χ1n) is 5.37. The molecule has 0 saturated heterocycles. The van der Waals surface area contributed by atoms with Crippen molar-refractivity contribution in [3.8, 4) is 0 Å². The second-order valence-electron chi connectivity index (χ2n) is 4.21. The third-order valence-electron chi connectivity index (χ3n) is 3.05. The zero-order chi connectivity index (χ0) is 11.7. The van der Waals surface area contributed by atoms with E-state index in [0.29, 0.717) is 5.92 Å². The zero-order valence-electron chi connectivity index (χ0n) is 9.12. The number of benzene rings is 1. The summed E-state index contributed by atoms with van der Waals surface area (Å²) in [6.07, 6.45) is 1.86. The monoisotopic (exact) mass is 227 g/mol. The molecule has 0 aromatic heterocycles. The van der Waals surface area contributed by atoms with E-state index in [4.69, 9.17) is 10.5 Å². The molecule has 0 amide bonds. The summed E-state index contributed by atoms with van der Waals surface area (Å²) in [5.74, 6) is -1.35. The van der Waals surface area contributed by atoms with Gasteiger partial charge in [-0.3, -0.25) is 0 Å². The highest BCUT2D eigenvalue weighted by Crippen LogP contribution is 2.39. The quantitative estimate of drug-likeness (QED) is 0.857. The third-order valence-corrected chi connectivity index (χ3v) is 3.05. The Morgan fingerprint density at radius 2 is 2.06 bits per heavy atom. The van der Waals surface area contributed by atoms with Crippen molar-refractivity contribution in [2.75, 3.05) is 7.11 Å². The molecule has 1 aliphatic carbocycles. The van der Waals surface area contributed by atoms with E-state index in [1.807, 2.05) is 0 Å². The predicted octanol–water partition coefficient (Wildman–Crippen LogP) is 2.39. The Morgan fingerprint density at radius 1 is 1.38 bits per heavy atom. The Hall–Kier alpha value is -1.00. The van der Waals surface area contributed by atoms with Crippen LogP contribution in [0.25, 0.3) is 0 Å². The molecule has 0 heterocycles. The van der Waals surface area contributed by atoms with Crippen molar-refractivity contribution in [1.29, 1.82) is 0 Å². The summed E-state index contributed by atoms with van der Waals surface area (Å²) in [6.45, 7) is 0. The Kier molecular flexibility index (Phi) is 3.21. The number of halogens is 2. The third kappa shape index (κ3) is 2.08. The topological polar surface area (TPSA) is 35.2 Å². The lowest BCUT2D eigenvalue weighted by Crippen LogP contribution is -2.30. The van der Waals surface area contributed by atoms with Gasteiger partial charge in [0.25, 0.3) is 0 Å². The summed E-state index contributed by atoms with van der Waals surface area (Å²) in [6, 6.07) is 3.46. The fraction of sp³-hybridized carbons (Fsp3) is 0.500. The fourth-order valence-electron chi connectivity index (χ4n) is 2.01. The largest absolute Gasteiger partial charge is 0.379 e. The van der Waals surface area contributed by atoms with E-state index in [0.717, 1.165) is 18.9 Å². The van der Waals surface area contributed by atoms with Gasteiger partial charge in [0, 0.05) is 12.7 Å². The Bertz CT molecular complexity index is 379. The molecule has 0 bridgehead atoms. The summed E-state index contributed by atoms with van der Waals surface area (Å²) >= 11 is 0. The molecule has 1 aromatic rings. The van der Waals surface area contributed by atoms with Gasteiger partial charge < -0.3 is 10.5 Å². The van der Waals surface area contributed by atoms with Crippen LogP contribution in [-0.2, 0) is 4.74 Å². The molecule has 1 aliphatic rings. The van der Waals surface area contributed by atoms with E-state index in [1.54, 1.807) is 7.11 Å². The van der Waals surface area contributed by atoms with Crippen molar-refractivity contribution in [3.63, 3.8) is 0 Å². The minimum atomic E-state index is -0.863. The normalized spacial score (nSPS) is 19.5. The van der Waals surface area contributed by atoms with Crippen LogP contribution < -0.4 is 5.73 Å². The molecule has 2 N–H and O–H groups in total. The van der Waals surface area contributed by atoms with Crippen molar-refractivity contribution in [2.24, 2.45) is 11.7 Å². The molecule has 2 rings (SSSR count). The molecular formula is C12H15F2NO. The first-order valence-corrected chi connectivity index (χ1v) is 5.37. The second kappa shape index (κ2) is 4.47. The minimum absolute atomic E-state index is 0.193. The van der Waals surface area contributed by atoms with Gasteiger partial charge in [0.2, 0.25) is 0 Å². The van der Waals surface area contributed by atoms with Crippen molar-refractivity contribution < 1.29 is 13.5 Å². The Morgan fingerprint density at radius 3 is 2.62 bits per heavy atom. The van der Waals surface area contributed by atoms with Gasteiger partial charge in [0.05, 0.1) is 12.1 Å². The lowest BCUT2D eigenvalue weighted by Gasteiger charge is -2.23. The van der Waals surface area contributed by atoms with Gasteiger partial charge in [-0.15, -0.1) is 0 Å². The fourth-order valence-corrected chi connectivity index (χ4v) is 2.01. The molecule has 0 spiro atoms. The molecule has 1 aromatic carbocycles. The number of ether oxygens (including phenoxy) is 1. The molecule has 0 aliphatic heterocycles. The molecule has 4 heteroatoms. The van der Waals surface area contributed by atoms with Crippen LogP contribution in [0, 0.1) is 17.6 Å². The molecule has 16 heavy (non-hydrogen) atoms. The second-order valence-corrected chi connectivity index (χ2v) is 4.21.